The van der Waals surface area contributed by atoms with Crippen LogP contribution in [0, 0.1) is 0 Å². The fraction of sp³-hybridized carbons (Fsp3) is 1.00. The predicted molar refractivity (Wildman–Crippen MR) is 44.8 cm³/mol. The predicted octanol–water partition coefficient (Wildman–Crippen LogP) is 0.112. The van der Waals surface area contributed by atoms with Gasteiger partial charge in [0.05, 0.1) is 12.7 Å². The molecule has 2 N–H and O–H groups in total. The van der Waals surface area contributed by atoms with E-state index in [4.69, 9.17) is 19.9 Å². The number of methoxy groups -OCH3 is 2. The van der Waals surface area contributed by atoms with E-state index in [0.717, 1.165) is 12.8 Å². The molecule has 12 heavy (non-hydrogen) atoms. The van der Waals surface area contributed by atoms with Crippen molar-refractivity contribution in [3.05, 3.63) is 0 Å². The molecule has 1 rings (SSSR count). The van der Waals surface area contributed by atoms with Gasteiger partial charge in [0.25, 0.3) is 0 Å². The summed E-state index contributed by atoms with van der Waals surface area (Å²) >= 11 is 0. The summed E-state index contributed by atoms with van der Waals surface area (Å²) < 4.78 is 15.7. The molecule has 0 saturated carbocycles. The molecule has 0 aromatic rings. The lowest BCUT2D eigenvalue weighted by Gasteiger charge is -2.33. The molecule has 0 aromatic carbocycles. The van der Waals surface area contributed by atoms with Crippen molar-refractivity contribution < 1.29 is 14.2 Å². The molecule has 4 heteroatoms. The molecule has 3 unspecified atom stereocenters. The molecule has 1 heterocycles. The second-order valence-corrected chi connectivity index (χ2v) is 3.02. The Balaban J connectivity index is 2.40. The van der Waals surface area contributed by atoms with Crippen molar-refractivity contribution in [3.8, 4) is 0 Å². The minimum absolute atomic E-state index is 0.0104. The van der Waals surface area contributed by atoms with Crippen LogP contribution in [-0.4, -0.2) is 39.3 Å². The molecule has 1 aliphatic rings. The number of hydrogen-bond acceptors (Lipinski definition) is 4. The van der Waals surface area contributed by atoms with Crippen LogP contribution >= 0.6 is 0 Å². The number of nitrogens with two attached hydrogens (primary N) is 1. The van der Waals surface area contributed by atoms with Crippen LogP contribution < -0.4 is 5.73 Å². The largest absolute Gasteiger partial charge is 0.382 e. The van der Waals surface area contributed by atoms with Crippen LogP contribution in [0.5, 0.6) is 0 Å². The summed E-state index contributed by atoms with van der Waals surface area (Å²) in [6.45, 7) is 0.548. The third-order valence-corrected chi connectivity index (χ3v) is 2.13. The molecule has 0 spiro atoms. The van der Waals surface area contributed by atoms with Crippen LogP contribution in [0.3, 0.4) is 0 Å². The molecule has 0 bridgehead atoms. The van der Waals surface area contributed by atoms with Crippen molar-refractivity contribution in [1.82, 2.24) is 0 Å². The molecule has 1 aliphatic heterocycles. The van der Waals surface area contributed by atoms with Gasteiger partial charge in [0.1, 0.15) is 12.3 Å². The van der Waals surface area contributed by atoms with Gasteiger partial charge in [-0.1, -0.05) is 0 Å². The zero-order chi connectivity index (χ0) is 8.97. The first-order chi connectivity index (χ1) is 5.77. The quantitative estimate of drug-likeness (QED) is 0.661. The zero-order valence-corrected chi connectivity index (χ0v) is 7.66. The Bertz CT molecular complexity index is 131. The second kappa shape index (κ2) is 4.77. The number of hydrogen-bond donors (Lipinski definition) is 1. The summed E-state index contributed by atoms with van der Waals surface area (Å²) in [6, 6.07) is 0. The first-order valence-electron chi connectivity index (χ1n) is 4.20. The van der Waals surface area contributed by atoms with Gasteiger partial charge < -0.3 is 19.9 Å². The molecule has 0 aliphatic carbocycles. The summed E-state index contributed by atoms with van der Waals surface area (Å²) in [5.74, 6) is 0. The Morgan fingerprint density at radius 3 is 2.75 bits per heavy atom. The molecule has 4 nitrogen and oxygen atoms in total. The van der Waals surface area contributed by atoms with Gasteiger partial charge in [0, 0.05) is 14.2 Å². The minimum atomic E-state index is -0.156. The third-order valence-electron chi connectivity index (χ3n) is 2.13. The minimum Gasteiger partial charge on any atom is -0.382 e. The molecule has 1 fully saturated rings. The van der Waals surface area contributed by atoms with Gasteiger partial charge in [0.15, 0.2) is 0 Å². The van der Waals surface area contributed by atoms with Crippen molar-refractivity contribution in [2.75, 3.05) is 20.8 Å². The van der Waals surface area contributed by atoms with Crippen LogP contribution in [0.2, 0.25) is 0 Å². The van der Waals surface area contributed by atoms with Crippen molar-refractivity contribution in [2.45, 2.75) is 31.3 Å². The van der Waals surface area contributed by atoms with E-state index in [1.165, 1.54) is 0 Å². The van der Waals surface area contributed by atoms with Gasteiger partial charge in [0.2, 0.25) is 0 Å². The standard InChI is InChI=1S/C8H17NO3/c1-10-5-7-6(11-2)3-4-8(9)12-7/h6-8H,3-5,9H2,1-2H3. The Labute approximate surface area is 73.0 Å². The van der Waals surface area contributed by atoms with Crippen molar-refractivity contribution >= 4 is 0 Å². The summed E-state index contributed by atoms with van der Waals surface area (Å²) in [5, 5.41) is 0. The van der Waals surface area contributed by atoms with E-state index in [9.17, 15) is 0 Å². The Morgan fingerprint density at radius 2 is 2.17 bits per heavy atom. The van der Waals surface area contributed by atoms with E-state index in [-0.39, 0.29) is 18.4 Å². The van der Waals surface area contributed by atoms with Crippen LogP contribution in [0.1, 0.15) is 12.8 Å². The van der Waals surface area contributed by atoms with Crippen molar-refractivity contribution in [3.63, 3.8) is 0 Å². The summed E-state index contributed by atoms with van der Waals surface area (Å²) in [5.41, 5.74) is 5.64. The average Bonchev–Trinajstić information content (AvgIpc) is 2.05. The molecule has 0 amide bonds. The van der Waals surface area contributed by atoms with Crippen LogP contribution in [-0.2, 0) is 14.2 Å². The highest BCUT2D eigenvalue weighted by Crippen LogP contribution is 2.19. The van der Waals surface area contributed by atoms with E-state index in [0.29, 0.717) is 6.61 Å². The Morgan fingerprint density at radius 1 is 1.42 bits per heavy atom. The first-order valence-corrected chi connectivity index (χ1v) is 4.20. The van der Waals surface area contributed by atoms with Gasteiger partial charge in [-0.25, -0.2) is 0 Å². The highest BCUT2D eigenvalue weighted by Gasteiger charge is 2.29. The smallest absolute Gasteiger partial charge is 0.109 e. The topological polar surface area (TPSA) is 53.7 Å². The highest BCUT2D eigenvalue weighted by molar-refractivity contribution is 4.77. The Kier molecular flexibility index (Phi) is 3.94. The van der Waals surface area contributed by atoms with E-state index in [1.54, 1.807) is 14.2 Å². The molecule has 0 radical (unpaired) electrons. The lowest BCUT2D eigenvalue weighted by molar-refractivity contribution is -0.146. The highest BCUT2D eigenvalue weighted by atomic mass is 16.6. The fourth-order valence-electron chi connectivity index (χ4n) is 1.48. The summed E-state index contributed by atoms with van der Waals surface area (Å²) in [4.78, 5) is 0. The van der Waals surface area contributed by atoms with Gasteiger partial charge >= 0.3 is 0 Å². The van der Waals surface area contributed by atoms with Crippen molar-refractivity contribution in [2.24, 2.45) is 5.73 Å². The molecule has 72 valence electrons. The lowest BCUT2D eigenvalue weighted by atomic mass is 10.0. The number of rotatable bonds is 3. The van der Waals surface area contributed by atoms with Crippen LogP contribution in [0.25, 0.3) is 0 Å². The van der Waals surface area contributed by atoms with E-state index in [1.807, 2.05) is 0 Å². The zero-order valence-electron chi connectivity index (χ0n) is 7.66. The molecular formula is C8H17NO3. The SMILES string of the molecule is COCC1OC(N)CCC1OC. The van der Waals surface area contributed by atoms with Gasteiger partial charge in [-0.15, -0.1) is 0 Å². The van der Waals surface area contributed by atoms with Crippen LogP contribution in [0.4, 0.5) is 0 Å². The summed E-state index contributed by atoms with van der Waals surface area (Å²) in [6.07, 6.45) is 1.77. The molecule has 0 aromatic heterocycles. The maximum Gasteiger partial charge on any atom is 0.109 e. The lowest BCUT2D eigenvalue weighted by Crippen LogP contribution is -2.45. The fourth-order valence-corrected chi connectivity index (χ4v) is 1.48. The van der Waals surface area contributed by atoms with Gasteiger partial charge in [-0.05, 0) is 12.8 Å². The van der Waals surface area contributed by atoms with E-state index in [2.05, 4.69) is 0 Å². The first kappa shape index (κ1) is 9.92. The monoisotopic (exact) mass is 175 g/mol. The second-order valence-electron chi connectivity index (χ2n) is 3.02. The summed E-state index contributed by atoms with van der Waals surface area (Å²) in [7, 11) is 3.34. The number of ether oxygens (including phenoxy) is 3. The maximum atomic E-state index is 5.64. The van der Waals surface area contributed by atoms with Crippen LogP contribution in [0.15, 0.2) is 0 Å². The Hall–Kier alpha value is -0.160. The average molecular weight is 175 g/mol. The van der Waals surface area contributed by atoms with E-state index >= 15 is 0 Å². The maximum absolute atomic E-state index is 5.64. The van der Waals surface area contributed by atoms with Gasteiger partial charge in [-0.2, -0.15) is 0 Å². The molecular weight excluding hydrogens is 158 g/mol. The molecule has 3 atom stereocenters. The normalized spacial score (nSPS) is 36.8. The van der Waals surface area contributed by atoms with Gasteiger partial charge in [-0.3, -0.25) is 0 Å². The van der Waals surface area contributed by atoms with Crippen molar-refractivity contribution in [1.29, 1.82) is 0 Å². The third kappa shape index (κ3) is 2.42. The molecule has 1 saturated heterocycles. The van der Waals surface area contributed by atoms with E-state index < -0.39 is 0 Å².